The number of aromatic nitrogens is 2. The van der Waals surface area contributed by atoms with Gasteiger partial charge in [-0.1, -0.05) is 115 Å². The summed E-state index contributed by atoms with van der Waals surface area (Å²) >= 11 is 0. The van der Waals surface area contributed by atoms with Gasteiger partial charge in [-0.05, 0) is 78.2 Å². The molecule has 0 saturated heterocycles. The van der Waals surface area contributed by atoms with Gasteiger partial charge in [0.25, 0.3) is 0 Å². The van der Waals surface area contributed by atoms with Crippen LogP contribution in [0.5, 0.6) is 0 Å². The minimum absolute atomic E-state index is 1.11. The van der Waals surface area contributed by atoms with Crippen molar-refractivity contribution in [2.75, 3.05) is 4.90 Å². The number of nitrogens with zero attached hydrogens (tertiary/aromatic N) is 3. The van der Waals surface area contributed by atoms with Gasteiger partial charge < -0.3 is 14.0 Å². The zero-order chi connectivity index (χ0) is 32.3. The standard InChI is InChI=1S/C46H31N3/c1-4-15-33(16-5-1)47(34-17-6-2-7-18-34)36-25-27-37(28-26-36)48-42-23-13-12-22-39(42)40-30-31-43-44(46(40)48)41-29-24-32-14-10-11-21-38(32)45(41)49(43)35-19-8-3-9-20-35/h1-31H. The molecule has 10 aromatic rings. The number of para-hydroxylation sites is 4. The van der Waals surface area contributed by atoms with Crippen molar-refractivity contribution in [2.45, 2.75) is 0 Å². The predicted molar refractivity (Wildman–Crippen MR) is 207 cm³/mol. The largest absolute Gasteiger partial charge is 0.311 e. The van der Waals surface area contributed by atoms with Crippen molar-refractivity contribution in [1.82, 2.24) is 9.13 Å². The van der Waals surface area contributed by atoms with E-state index < -0.39 is 0 Å². The van der Waals surface area contributed by atoms with Gasteiger partial charge in [0.05, 0.1) is 22.1 Å². The second-order valence-electron chi connectivity index (χ2n) is 12.6. The highest BCUT2D eigenvalue weighted by atomic mass is 15.1. The van der Waals surface area contributed by atoms with Gasteiger partial charge in [-0.2, -0.15) is 0 Å². The quantitative estimate of drug-likeness (QED) is 0.185. The topological polar surface area (TPSA) is 13.1 Å². The van der Waals surface area contributed by atoms with Crippen molar-refractivity contribution in [3.05, 3.63) is 188 Å². The number of anilines is 3. The molecular formula is C46H31N3. The monoisotopic (exact) mass is 625 g/mol. The van der Waals surface area contributed by atoms with Crippen molar-refractivity contribution in [3.8, 4) is 11.4 Å². The molecule has 0 radical (unpaired) electrons. The minimum atomic E-state index is 1.11. The van der Waals surface area contributed by atoms with E-state index in [1.54, 1.807) is 0 Å². The van der Waals surface area contributed by atoms with E-state index in [9.17, 15) is 0 Å². The fourth-order valence-electron chi connectivity index (χ4n) is 7.78. The molecule has 8 aromatic carbocycles. The van der Waals surface area contributed by atoms with Crippen LogP contribution in [0, 0.1) is 0 Å². The van der Waals surface area contributed by atoms with Crippen LogP contribution < -0.4 is 4.90 Å². The molecule has 0 N–H and O–H groups in total. The summed E-state index contributed by atoms with van der Waals surface area (Å²) < 4.78 is 4.92. The molecule has 49 heavy (non-hydrogen) atoms. The average Bonchev–Trinajstić information content (AvgIpc) is 3.70. The third kappa shape index (κ3) is 4.23. The van der Waals surface area contributed by atoms with Gasteiger partial charge in [0.15, 0.2) is 0 Å². The van der Waals surface area contributed by atoms with Crippen molar-refractivity contribution < 1.29 is 0 Å². The molecule has 0 aliphatic carbocycles. The van der Waals surface area contributed by atoms with Crippen LogP contribution in [0.15, 0.2) is 188 Å². The van der Waals surface area contributed by atoms with Gasteiger partial charge in [-0.25, -0.2) is 0 Å². The Morgan fingerprint density at radius 1 is 0.306 bits per heavy atom. The maximum Gasteiger partial charge on any atom is 0.0641 e. The van der Waals surface area contributed by atoms with Gasteiger partial charge in [0.1, 0.15) is 0 Å². The molecule has 0 bridgehead atoms. The van der Waals surface area contributed by atoms with E-state index >= 15 is 0 Å². The molecule has 0 spiro atoms. The number of hydrogen-bond acceptors (Lipinski definition) is 1. The zero-order valence-electron chi connectivity index (χ0n) is 26.7. The predicted octanol–water partition coefficient (Wildman–Crippen LogP) is 12.5. The Labute approximate surface area is 284 Å². The number of benzene rings is 8. The van der Waals surface area contributed by atoms with Crippen LogP contribution in [0.4, 0.5) is 17.1 Å². The van der Waals surface area contributed by atoms with Crippen LogP contribution in [0.25, 0.3) is 65.8 Å². The maximum atomic E-state index is 2.47. The molecule has 230 valence electrons. The van der Waals surface area contributed by atoms with Gasteiger partial charge in [0, 0.05) is 55.4 Å². The molecule has 3 nitrogen and oxygen atoms in total. The SMILES string of the molecule is c1ccc(N(c2ccccc2)c2ccc(-n3c4ccccc4c4ccc5c(c6ccc7ccccc7c6n5-c5ccccc5)c43)cc2)cc1. The zero-order valence-corrected chi connectivity index (χ0v) is 26.7. The summed E-state index contributed by atoms with van der Waals surface area (Å²) in [6.45, 7) is 0. The fraction of sp³-hybridized carbons (Fsp3) is 0. The van der Waals surface area contributed by atoms with E-state index in [0.29, 0.717) is 0 Å². The highest BCUT2D eigenvalue weighted by Gasteiger charge is 2.22. The number of rotatable bonds is 5. The lowest BCUT2D eigenvalue weighted by Gasteiger charge is -2.25. The molecule has 10 rings (SSSR count). The Hall–Kier alpha value is -6.58. The van der Waals surface area contributed by atoms with Gasteiger partial charge >= 0.3 is 0 Å². The van der Waals surface area contributed by atoms with E-state index in [1.165, 1.54) is 54.4 Å². The lowest BCUT2D eigenvalue weighted by Crippen LogP contribution is -2.09. The van der Waals surface area contributed by atoms with Crippen molar-refractivity contribution in [2.24, 2.45) is 0 Å². The lowest BCUT2D eigenvalue weighted by atomic mass is 10.0. The minimum Gasteiger partial charge on any atom is -0.311 e. The van der Waals surface area contributed by atoms with Gasteiger partial charge in [0.2, 0.25) is 0 Å². The Bertz CT molecular complexity index is 2750. The third-order valence-electron chi connectivity index (χ3n) is 9.86. The van der Waals surface area contributed by atoms with Crippen molar-refractivity contribution in [3.63, 3.8) is 0 Å². The number of hydrogen-bond donors (Lipinski definition) is 0. The van der Waals surface area contributed by atoms with E-state index in [2.05, 4.69) is 202 Å². The molecule has 0 saturated carbocycles. The molecule has 2 heterocycles. The third-order valence-corrected chi connectivity index (χ3v) is 9.86. The Balaban J connectivity index is 1.28. The molecule has 0 aliphatic rings. The second-order valence-corrected chi connectivity index (χ2v) is 12.6. The smallest absolute Gasteiger partial charge is 0.0641 e. The summed E-state index contributed by atoms with van der Waals surface area (Å²) in [4.78, 5) is 2.31. The van der Waals surface area contributed by atoms with E-state index in [0.717, 1.165) is 28.4 Å². The van der Waals surface area contributed by atoms with E-state index in [4.69, 9.17) is 0 Å². The molecule has 2 aromatic heterocycles. The van der Waals surface area contributed by atoms with Crippen LogP contribution in [-0.4, -0.2) is 9.13 Å². The molecule has 0 amide bonds. The highest BCUT2D eigenvalue weighted by Crippen LogP contribution is 2.44. The normalized spacial score (nSPS) is 11.7. The summed E-state index contributed by atoms with van der Waals surface area (Å²) in [6, 6.07) is 67.7. The first-order chi connectivity index (χ1) is 24.3. The lowest BCUT2D eigenvalue weighted by molar-refractivity contribution is 1.17. The first-order valence-electron chi connectivity index (χ1n) is 16.8. The fourth-order valence-corrected chi connectivity index (χ4v) is 7.78. The van der Waals surface area contributed by atoms with E-state index in [-0.39, 0.29) is 0 Å². The van der Waals surface area contributed by atoms with Crippen molar-refractivity contribution in [1.29, 1.82) is 0 Å². The Morgan fingerprint density at radius 3 is 1.55 bits per heavy atom. The molecule has 0 atom stereocenters. The van der Waals surface area contributed by atoms with Crippen LogP contribution >= 0.6 is 0 Å². The maximum absolute atomic E-state index is 2.47. The Kier molecular flexibility index (Phi) is 6.18. The first kappa shape index (κ1) is 27.5. The average molecular weight is 626 g/mol. The van der Waals surface area contributed by atoms with Crippen LogP contribution in [0.2, 0.25) is 0 Å². The first-order valence-corrected chi connectivity index (χ1v) is 16.8. The highest BCUT2D eigenvalue weighted by molar-refractivity contribution is 6.29. The van der Waals surface area contributed by atoms with E-state index in [1.807, 2.05) is 0 Å². The summed E-state index contributed by atoms with van der Waals surface area (Å²) in [7, 11) is 0. The molecule has 0 aliphatic heterocycles. The van der Waals surface area contributed by atoms with Gasteiger partial charge in [-0.3, -0.25) is 0 Å². The molecule has 0 fully saturated rings. The van der Waals surface area contributed by atoms with Crippen molar-refractivity contribution >= 4 is 71.4 Å². The summed E-state index contributed by atoms with van der Waals surface area (Å²) in [6.07, 6.45) is 0. The van der Waals surface area contributed by atoms with Gasteiger partial charge in [-0.15, -0.1) is 0 Å². The summed E-state index contributed by atoms with van der Waals surface area (Å²) in [5, 5.41) is 7.51. The molecule has 0 unspecified atom stereocenters. The number of fused-ring (bicyclic) bond motifs is 9. The summed E-state index contributed by atoms with van der Waals surface area (Å²) in [5.41, 5.74) is 10.5. The van der Waals surface area contributed by atoms with Crippen LogP contribution in [0.3, 0.4) is 0 Å². The molecular weight excluding hydrogens is 595 g/mol. The molecule has 3 heteroatoms. The second kappa shape index (κ2) is 11.0. The Morgan fingerprint density at radius 2 is 0.837 bits per heavy atom. The summed E-state index contributed by atoms with van der Waals surface area (Å²) in [5.74, 6) is 0. The van der Waals surface area contributed by atoms with Crippen LogP contribution in [-0.2, 0) is 0 Å². The van der Waals surface area contributed by atoms with Crippen LogP contribution in [0.1, 0.15) is 0 Å².